The lowest BCUT2D eigenvalue weighted by molar-refractivity contribution is -0.136. The Labute approximate surface area is 111 Å². The van der Waals surface area contributed by atoms with Gasteiger partial charge in [-0.25, -0.2) is 4.98 Å². The van der Waals surface area contributed by atoms with Crippen LogP contribution in [0, 0.1) is 0 Å². The van der Waals surface area contributed by atoms with Crippen molar-refractivity contribution in [3.05, 3.63) is 59.3 Å². The van der Waals surface area contributed by atoms with Crippen LogP contribution in [0.2, 0.25) is 0 Å². The van der Waals surface area contributed by atoms with Gasteiger partial charge in [0, 0.05) is 18.2 Å². The van der Waals surface area contributed by atoms with Crippen LogP contribution in [-0.4, -0.2) is 21.2 Å². The molecule has 0 fully saturated rings. The maximum atomic E-state index is 10.7. The Kier molecular flexibility index (Phi) is 4.13. The fourth-order valence-electron chi connectivity index (χ4n) is 2.01. The van der Waals surface area contributed by atoms with Crippen LogP contribution < -0.4 is 0 Å². The normalized spacial score (nSPS) is 10.3. The Balaban J connectivity index is 2.24. The van der Waals surface area contributed by atoms with E-state index in [2.05, 4.69) is 4.98 Å². The van der Waals surface area contributed by atoms with Crippen LogP contribution >= 0.6 is 0 Å². The molecule has 0 atom stereocenters. The summed E-state index contributed by atoms with van der Waals surface area (Å²) in [6.45, 7) is 0. The SMILES string of the molecule is O=C(O)CCc1c(Cc2ccccc2)ccnc1O. The van der Waals surface area contributed by atoms with Crippen LogP contribution in [0.25, 0.3) is 0 Å². The first kappa shape index (κ1) is 13.1. The summed E-state index contributed by atoms with van der Waals surface area (Å²) in [7, 11) is 0. The number of carboxylic acids is 1. The van der Waals surface area contributed by atoms with Gasteiger partial charge in [-0.05, 0) is 30.0 Å². The molecule has 2 aromatic rings. The molecular formula is C15H15NO3. The van der Waals surface area contributed by atoms with E-state index in [4.69, 9.17) is 5.11 Å². The summed E-state index contributed by atoms with van der Waals surface area (Å²) in [5, 5.41) is 18.5. The minimum Gasteiger partial charge on any atom is -0.493 e. The van der Waals surface area contributed by atoms with Crippen molar-refractivity contribution in [1.82, 2.24) is 4.98 Å². The van der Waals surface area contributed by atoms with Gasteiger partial charge in [-0.1, -0.05) is 30.3 Å². The predicted molar refractivity (Wildman–Crippen MR) is 71.1 cm³/mol. The van der Waals surface area contributed by atoms with Gasteiger partial charge >= 0.3 is 5.97 Å². The fourth-order valence-corrected chi connectivity index (χ4v) is 2.01. The van der Waals surface area contributed by atoms with Crippen LogP contribution in [0.15, 0.2) is 42.6 Å². The van der Waals surface area contributed by atoms with E-state index in [1.807, 2.05) is 36.4 Å². The molecule has 0 bridgehead atoms. The summed E-state index contributed by atoms with van der Waals surface area (Å²) in [6.07, 6.45) is 2.47. The van der Waals surface area contributed by atoms with Gasteiger partial charge in [0.15, 0.2) is 0 Å². The van der Waals surface area contributed by atoms with E-state index < -0.39 is 5.97 Å². The highest BCUT2D eigenvalue weighted by molar-refractivity contribution is 5.67. The number of carbonyl (C=O) groups is 1. The van der Waals surface area contributed by atoms with Crippen molar-refractivity contribution in [2.75, 3.05) is 0 Å². The van der Waals surface area contributed by atoms with E-state index in [9.17, 15) is 9.90 Å². The summed E-state index contributed by atoms with van der Waals surface area (Å²) in [5.41, 5.74) is 2.65. The summed E-state index contributed by atoms with van der Waals surface area (Å²) in [6, 6.07) is 11.7. The second-order valence-electron chi connectivity index (χ2n) is 4.33. The zero-order valence-corrected chi connectivity index (χ0v) is 10.4. The third kappa shape index (κ3) is 3.55. The first-order valence-electron chi connectivity index (χ1n) is 6.08. The number of aliphatic carboxylic acids is 1. The molecule has 0 unspecified atom stereocenters. The van der Waals surface area contributed by atoms with Crippen LogP contribution in [-0.2, 0) is 17.6 Å². The second kappa shape index (κ2) is 6.00. The minimum atomic E-state index is -0.881. The summed E-state index contributed by atoms with van der Waals surface area (Å²) < 4.78 is 0. The number of rotatable bonds is 5. The molecule has 0 amide bonds. The molecule has 4 heteroatoms. The molecule has 1 aromatic carbocycles. The number of aromatic hydroxyl groups is 1. The lowest BCUT2D eigenvalue weighted by atomic mass is 9.98. The molecule has 1 heterocycles. The largest absolute Gasteiger partial charge is 0.493 e. The Morgan fingerprint density at radius 1 is 1.16 bits per heavy atom. The van der Waals surface area contributed by atoms with Crippen molar-refractivity contribution in [2.45, 2.75) is 19.3 Å². The molecule has 1 aromatic heterocycles. The Hall–Kier alpha value is -2.36. The second-order valence-corrected chi connectivity index (χ2v) is 4.33. The van der Waals surface area contributed by atoms with Crippen molar-refractivity contribution < 1.29 is 15.0 Å². The van der Waals surface area contributed by atoms with E-state index in [0.29, 0.717) is 12.0 Å². The van der Waals surface area contributed by atoms with Gasteiger partial charge in [0.25, 0.3) is 0 Å². The van der Waals surface area contributed by atoms with E-state index in [-0.39, 0.29) is 18.7 Å². The van der Waals surface area contributed by atoms with Gasteiger partial charge in [-0.2, -0.15) is 0 Å². The van der Waals surface area contributed by atoms with Gasteiger partial charge in [0.2, 0.25) is 5.88 Å². The van der Waals surface area contributed by atoms with E-state index >= 15 is 0 Å². The highest BCUT2D eigenvalue weighted by Crippen LogP contribution is 2.22. The van der Waals surface area contributed by atoms with Gasteiger partial charge in [0.1, 0.15) is 0 Å². The third-order valence-corrected chi connectivity index (χ3v) is 2.96. The molecule has 0 aliphatic heterocycles. The third-order valence-electron chi connectivity index (χ3n) is 2.96. The van der Waals surface area contributed by atoms with Crippen molar-refractivity contribution in [1.29, 1.82) is 0 Å². The number of hydrogen-bond acceptors (Lipinski definition) is 3. The number of nitrogens with zero attached hydrogens (tertiary/aromatic N) is 1. The summed E-state index contributed by atoms with van der Waals surface area (Å²) >= 11 is 0. The Morgan fingerprint density at radius 3 is 2.58 bits per heavy atom. The monoisotopic (exact) mass is 257 g/mol. The minimum absolute atomic E-state index is 0.0129. The molecule has 98 valence electrons. The standard InChI is InChI=1S/C15H15NO3/c17-14(18)7-6-13-12(8-9-16-15(13)19)10-11-4-2-1-3-5-11/h1-5,8-9H,6-7,10H2,(H,16,19)(H,17,18). The Morgan fingerprint density at radius 2 is 1.89 bits per heavy atom. The summed E-state index contributed by atoms with van der Waals surface area (Å²) in [5.74, 6) is -0.955. The molecule has 0 aliphatic rings. The highest BCUT2D eigenvalue weighted by atomic mass is 16.4. The average Bonchev–Trinajstić information content (AvgIpc) is 2.39. The number of aromatic nitrogens is 1. The van der Waals surface area contributed by atoms with Crippen molar-refractivity contribution >= 4 is 5.97 Å². The van der Waals surface area contributed by atoms with E-state index in [1.54, 1.807) is 0 Å². The van der Waals surface area contributed by atoms with Crippen molar-refractivity contribution in [3.63, 3.8) is 0 Å². The zero-order valence-electron chi connectivity index (χ0n) is 10.4. The van der Waals surface area contributed by atoms with Gasteiger partial charge in [0.05, 0.1) is 0 Å². The first-order valence-corrected chi connectivity index (χ1v) is 6.08. The van der Waals surface area contributed by atoms with Crippen molar-refractivity contribution in [2.24, 2.45) is 0 Å². The van der Waals surface area contributed by atoms with Gasteiger partial charge in [-0.15, -0.1) is 0 Å². The summed E-state index contributed by atoms with van der Waals surface area (Å²) in [4.78, 5) is 14.5. The van der Waals surface area contributed by atoms with Gasteiger partial charge < -0.3 is 10.2 Å². The van der Waals surface area contributed by atoms with E-state index in [1.165, 1.54) is 6.20 Å². The smallest absolute Gasteiger partial charge is 0.303 e. The molecule has 0 aliphatic carbocycles. The lowest BCUT2D eigenvalue weighted by Crippen LogP contribution is -2.02. The first-order chi connectivity index (χ1) is 9.16. The number of pyridine rings is 1. The molecule has 0 saturated carbocycles. The Bertz CT molecular complexity index is 567. The molecule has 0 saturated heterocycles. The molecule has 2 N–H and O–H groups in total. The molecule has 19 heavy (non-hydrogen) atoms. The van der Waals surface area contributed by atoms with E-state index in [0.717, 1.165) is 11.1 Å². The van der Waals surface area contributed by atoms with Crippen LogP contribution in [0.3, 0.4) is 0 Å². The highest BCUT2D eigenvalue weighted by Gasteiger charge is 2.11. The zero-order chi connectivity index (χ0) is 13.7. The van der Waals surface area contributed by atoms with Crippen LogP contribution in [0.1, 0.15) is 23.1 Å². The number of carboxylic acid groups (broad SMARTS) is 1. The average molecular weight is 257 g/mol. The molecule has 4 nitrogen and oxygen atoms in total. The topological polar surface area (TPSA) is 70.4 Å². The van der Waals surface area contributed by atoms with Crippen molar-refractivity contribution in [3.8, 4) is 5.88 Å². The molecule has 0 spiro atoms. The maximum absolute atomic E-state index is 10.7. The number of benzene rings is 1. The van der Waals surface area contributed by atoms with Gasteiger partial charge in [-0.3, -0.25) is 4.79 Å². The quantitative estimate of drug-likeness (QED) is 0.862. The number of hydrogen-bond donors (Lipinski definition) is 2. The predicted octanol–water partition coefficient (Wildman–Crippen LogP) is 2.40. The fraction of sp³-hybridized carbons (Fsp3) is 0.200. The molecule has 2 rings (SSSR count). The van der Waals surface area contributed by atoms with Crippen LogP contribution in [0.5, 0.6) is 5.88 Å². The molecular weight excluding hydrogens is 242 g/mol. The van der Waals surface area contributed by atoms with Crippen LogP contribution in [0.4, 0.5) is 0 Å². The maximum Gasteiger partial charge on any atom is 0.303 e. The lowest BCUT2D eigenvalue weighted by Gasteiger charge is -2.10. The molecule has 0 radical (unpaired) electrons.